The Bertz CT molecular complexity index is 346. The lowest BCUT2D eigenvalue weighted by atomic mass is 9.93. The summed E-state index contributed by atoms with van der Waals surface area (Å²) >= 11 is 0. The number of methoxy groups -OCH3 is 1. The maximum atomic E-state index is 11.3. The zero-order chi connectivity index (χ0) is 12.7. The van der Waals surface area contributed by atoms with Gasteiger partial charge in [-0.05, 0) is 30.5 Å². The van der Waals surface area contributed by atoms with E-state index in [2.05, 4.69) is 6.92 Å². The van der Waals surface area contributed by atoms with E-state index in [0.717, 1.165) is 37.0 Å². The minimum Gasteiger partial charge on any atom is -0.497 e. The molecule has 0 saturated heterocycles. The second kappa shape index (κ2) is 6.94. The van der Waals surface area contributed by atoms with Crippen LogP contribution in [0.4, 0.5) is 0 Å². The van der Waals surface area contributed by atoms with Gasteiger partial charge in [0.1, 0.15) is 5.75 Å². The molecule has 94 valence electrons. The van der Waals surface area contributed by atoms with Gasteiger partial charge in [-0.15, -0.1) is 0 Å². The number of nitrogens with two attached hydrogens (primary N) is 1. The SMILES string of the molecule is CCCCC(Cc1ccc(OC)cc1)C(N)=O. The van der Waals surface area contributed by atoms with Crippen molar-refractivity contribution in [2.24, 2.45) is 11.7 Å². The zero-order valence-corrected chi connectivity index (χ0v) is 10.6. The highest BCUT2D eigenvalue weighted by Gasteiger charge is 2.15. The average Bonchev–Trinajstić information content (AvgIpc) is 2.35. The molecule has 0 fully saturated rings. The Morgan fingerprint density at radius 1 is 1.35 bits per heavy atom. The van der Waals surface area contributed by atoms with Crippen molar-refractivity contribution < 1.29 is 9.53 Å². The van der Waals surface area contributed by atoms with Gasteiger partial charge in [-0.3, -0.25) is 4.79 Å². The Balaban J connectivity index is 2.61. The van der Waals surface area contributed by atoms with Gasteiger partial charge >= 0.3 is 0 Å². The fraction of sp³-hybridized carbons (Fsp3) is 0.500. The first-order chi connectivity index (χ1) is 8.17. The summed E-state index contributed by atoms with van der Waals surface area (Å²) in [6.07, 6.45) is 3.73. The predicted octanol–water partition coefficient (Wildman–Crippen LogP) is 2.53. The van der Waals surface area contributed by atoms with Gasteiger partial charge in [0.05, 0.1) is 7.11 Å². The van der Waals surface area contributed by atoms with Crippen LogP contribution in [0.2, 0.25) is 0 Å². The molecule has 0 bridgehead atoms. The summed E-state index contributed by atoms with van der Waals surface area (Å²) in [6.45, 7) is 2.12. The van der Waals surface area contributed by atoms with Crippen LogP contribution in [0.25, 0.3) is 0 Å². The van der Waals surface area contributed by atoms with Crippen molar-refractivity contribution >= 4 is 5.91 Å². The Kier molecular flexibility index (Phi) is 5.53. The van der Waals surface area contributed by atoms with Crippen LogP contribution in [-0.2, 0) is 11.2 Å². The van der Waals surface area contributed by atoms with Crippen molar-refractivity contribution in [2.75, 3.05) is 7.11 Å². The fourth-order valence-electron chi connectivity index (χ4n) is 1.84. The number of hydrogen-bond acceptors (Lipinski definition) is 2. The summed E-state index contributed by atoms with van der Waals surface area (Å²) in [5.41, 5.74) is 6.55. The minimum absolute atomic E-state index is 0.0525. The van der Waals surface area contributed by atoms with Crippen LogP contribution in [0.5, 0.6) is 5.75 Å². The molecule has 1 aromatic rings. The van der Waals surface area contributed by atoms with Crippen molar-refractivity contribution in [1.82, 2.24) is 0 Å². The highest BCUT2D eigenvalue weighted by atomic mass is 16.5. The summed E-state index contributed by atoms with van der Waals surface area (Å²) in [5, 5.41) is 0. The van der Waals surface area contributed by atoms with E-state index in [0.29, 0.717) is 0 Å². The van der Waals surface area contributed by atoms with Crippen molar-refractivity contribution in [1.29, 1.82) is 0 Å². The number of amides is 1. The molecule has 3 nitrogen and oxygen atoms in total. The molecule has 0 saturated carbocycles. The quantitative estimate of drug-likeness (QED) is 0.789. The van der Waals surface area contributed by atoms with E-state index in [4.69, 9.17) is 10.5 Å². The third-order valence-electron chi connectivity index (χ3n) is 2.95. The number of rotatable bonds is 7. The molecule has 3 heteroatoms. The molecule has 0 aliphatic carbocycles. The molecule has 1 atom stereocenters. The van der Waals surface area contributed by atoms with Crippen molar-refractivity contribution in [3.05, 3.63) is 29.8 Å². The first-order valence-electron chi connectivity index (χ1n) is 6.09. The van der Waals surface area contributed by atoms with Gasteiger partial charge in [0, 0.05) is 5.92 Å². The van der Waals surface area contributed by atoms with Crippen molar-refractivity contribution in [2.45, 2.75) is 32.6 Å². The number of ether oxygens (including phenoxy) is 1. The first-order valence-corrected chi connectivity index (χ1v) is 6.09. The average molecular weight is 235 g/mol. The number of benzene rings is 1. The molecule has 0 radical (unpaired) electrons. The largest absolute Gasteiger partial charge is 0.497 e. The van der Waals surface area contributed by atoms with E-state index in [1.807, 2.05) is 24.3 Å². The Morgan fingerprint density at radius 2 is 2.00 bits per heavy atom. The highest BCUT2D eigenvalue weighted by Crippen LogP contribution is 2.18. The van der Waals surface area contributed by atoms with Gasteiger partial charge in [-0.25, -0.2) is 0 Å². The lowest BCUT2D eigenvalue weighted by molar-refractivity contribution is -0.122. The van der Waals surface area contributed by atoms with Crippen LogP contribution in [-0.4, -0.2) is 13.0 Å². The lowest BCUT2D eigenvalue weighted by Crippen LogP contribution is -2.25. The monoisotopic (exact) mass is 235 g/mol. The molecule has 0 aliphatic heterocycles. The van der Waals surface area contributed by atoms with Crippen LogP contribution in [0, 0.1) is 5.92 Å². The molecule has 1 unspecified atom stereocenters. The normalized spacial score (nSPS) is 12.1. The highest BCUT2D eigenvalue weighted by molar-refractivity contribution is 5.76. The molecule has 1 rings (SSSR count). The van der Waals surface area contributed by atoms with Crippen LogP contribution in [0.3, 0.4) is 0 Å². The van der Waals surface area contributed by atoms with Crippen molar-refractivity contribution in [3.8, 4) is 5.75 Å². The molecular weight excluding hydrogens is 214 g/mol. The van der Waals surface area contributed by atoms with Crippen LogP contribution in [0.15, 0.2) is 24.3 Å². The van der Waals surface area contributed by atoms with Crippen LogP contribution < -0.4 is 10.5 Å². The molecule has 0 spiro atoms. The Hall–Kier alpha value is -1.51. The topological polar surface area (TPSA) is 52.3 Å². The number of primary amides is 1. The first kappa shape index (κ1) is 13.6. The van der Waals surface area contributed by atoms with Crippen LogP contribution >= 0.6 is 0 Å². The molecule has 2 N–H and O–H groups in total. The molecule has 0 aliphatic rings. The summed E-state index contributed by atoms with van der Waals surface area (Å²) in [4.78, 5) is 11.3. The lowest BCUT2D eigenvalue weighted by Gasteiger charge is -2.13. The van der Waals surface area contributed by atoms with Gasteiger partial charge in [0.15, 0.2) is 0 Å². The predicted molar refractivity (Wildman–Crippen MR) is 68.9 cm³/mol. The summed E-state index contributed by atoms with van der Waals surface area (Å²) < 4.78 is 5.09. The van der Waals surface area contributed by atoms with Crippen molar-refractivity contribution in [3.63, 3.8) is 0 Å². The Morgan fingerprint density at radius 3 is 2.47 bits per heavy atom. The summed E-state index contributed by atoms with van der Waals surface area (Å²) in [5.74, 6) is 0.579. The van der Waals surface area contributed by atoms with E-state index >= 15 is 0 Å². The zero-order valence-electron chi connectivity index (χ0n) is 10.6. The van der Waals surface area contributed by atoms with Gasteiger partial charge in [-0.1, -0.05) is 31.9 Å². The van der Waals surface area contributed by atoms with Gasteiger partial charge < -0.3 is 10.5 Å². The smallest absolute Gasteiger partial charge is 0.220 e. The Labute approximate surface area is 103 Å². The van der Waals surface area contributed by atoms with E-state index in [9.17, 15) is 4.79 Å². The second-order valence-corrected chi connectivity index (χ2v) is 4.29. The number of hydrogen-bond donors (Lipinski definition) is 1. The molecule has 17 heavy (non-hydrogen) atoms. The standard InChI is InChI=1S/C14H21NO2/c1-3-4-5-12(14(15)16)10-11-6-8-13(17-2)9-7-11/h6-9,12H,3-5,10H2,1-2H3,(H2,15,16). The van der Waals surface area contributed by atoms with E-state index < -0.39 is 0 Å². The minimum atomic E-state index is -0.200. The maximum Gasteiger partial charge on any atom is 0.220 e. The second-order valence-electron chi connectivity index (χ2n) is 4.29. The molecular formula is C14H21NO2. The number of carbonyl (C=O) groups is 1. The van der Waals surface area contributed by atoms with E-state index in [1.54, 1.807) is 7.11 Å². The summed E-state index contributed by atoms with van der Waals surface area (Å²) in [7, 11) is 1.64. The molecule has 1 amide bonds. The van der Waals surface area contributed by atoms with Gasteiger partial charge in [-0.2, -0.15) is 0 Å². The molecule has 1 aromatic carbocycles. The molecule has 0 aromatic heterocycles. The molecule has 0 heterocycles. The van der Waals surface area contributed by atoms with Crippen LogP contribution in [0.1, 0.15) is 31.7 Å². The fourth-order valence-corrected chi connectivity index (χ4v) is 1.84. The number of unbranched alkanes of at least 4 members (excludes halogenated alkanes) is 1. The van der Waals surface area contributed by atoms with Gasteiger partial charge in [0.25, 0.3) is 0 Å². The maximum absolute atomic E-state index is 11.3. The van der Waals surface area contributed by atoms with Gasteiger partial charge in [0.2, 0.25) is 5.91 Å². The number of carbonyl (C=O) groups excluding carboxylic acids is 1. The third-order valence-corrected chi connectivity index (χ3v) is 2.95. The third kappa shape index (κ3) is 4.47. The van der Waals surface area contributed by atoms with E-state index in [-0.39, 0.29) is 11.8 Å². The van der Waals surface area contributed by atoms with E-state index in [1.165, 1.54) is 0 Å². The summed E-state index contributed by atoms with van der Waals surface area (Å²) in [6, 6.07) is 7.79.